The molecule has 0 radical (unpaired) electrons. The van der Waals surface area contributed by atoms with Crippen LogP contribution in [0.3, 0.4) is 0 Å². The Morgan fingerprint density at radius 3 is 2.52 bits per heavy atom. The highest BCUT2D eigenvalue weighted by Crippen LogP contribution is 2.33. The number of carbonyl (C=O) groups excluding carboxylic acids is 1. The van der Waals surface area contributed by atoms with Crippen molar-refractivity contribution in [1.29, 1.82) is 0 Å². The first-order valence-corrected chi connectivity index (χ1v) is 7.64. The van der Waals surface area contributed by atoms with Gasteiger partial charge in [0.25, 0.3) is 0 Å². The summed E-state index contributed by atoms with van der Waals surface area (Å²) < 4.78 is 0. The zero-order valence-corrected chi connectivity index (χ0v) is 13.1. The van der Waals surface area contributed by atoms with E-state index in [1.54, 1.807) is 18.2 Å². The van der Waals surface area contributed by atoms with E-state index in [2.05, 4.69) is 5.32 Å². The van der Waals surface area contributed by atoms with Gasteiger partial charge in [0.1, 0.15) is 0 Å². The van der Waals surface area contributed by atoms with Crippen molar-refractivity contribution in [1.82, 2.24) is 5.32 Å². The number of aliphatic carboxylic acids is 1. The summed E-state index contributed by atoms with van der Waals surface area (Å²) in [4.78, 5) is 23.4. The average Bonchev–Trinajstić information content (AvgIpc) is 2.91. The first kappa shape index (κ1) is 16.1. The molecule has 2 N–H and O–H groups in total. The zero-order chi connectivity index (χ0) is 15.6. The summed E-state index contributed by atoms with van der Waals surface area (Å²) in [6.07, 6.45) is 1.96. The van der Waals surface area contributed by atoms with Gasteiger partial charge < -0.3 is 10.4 Å². The third kappa shape index (κ3) is 3.69. The fourth-order valence-electron chi connectivity index (χ4n) is 2.75. The van der Waals surface area contributed by atoms with E-state index in [-0.39, 0.29) is 11.9 Å². The fraction of sp³-hybridized carbons (Fsp3) is 0.467. The van der Waals surface area contributed by atoms with Crippen LogP contribution in [-0.2, 0) is 9.59 Å². The van der Waals surface area contributed by atoms with Crippen LogP contribution in [0.2, 0.25) is 10.0 Å². The quantitative estimate of drug-likeness (QED) is 0.885. The number of carbonyl (C=O) groups is 2. The van der Waals surface area contributed by atoms with E-state index in [4.69, 9.17) is 28.3 Å². The maximum atomic E-state index is 12.3. The van der Waals surface area contributed by atoms with Crippen molar-refractivity contribution in [3.8, 4) is 0 Å². The molecule has 1 aromatic carbocycles. The number of nitrogens with one attached hydrogen (secondary N) is 1. The molecule has 0 aromatic heterocycles. The van der Waals surface area contributed by atoms with E-state index in [1.807, 2.05) is 6.92 Å². The second-order valence-corrected chi connectivity index (χ2v) is 6.20. The summed E-state index contributed by atoms with van der Waals surface area (Å²) in [5.74, 6) is -2.13. The van der Waals surface area contributed by atoms with Gasteiger partial charge in [-0.2, -0.15) is 0 Å². The summed E-state index contributed by atoms with van der Waals surface area (Å²) in [6.45, 7) is 1.84. The molecule has 0 aliphatic heterocycles. The number of hydrogen-bond acceptors (Lipinski definition) is 2. The number of amides is 1. The van der Waals surface area contributed by atoms with Gasteiger partial charge in [0.2, 0.25) is 5.91 Å². The largest absolute Gasteiger partial charge is 0.481 e. The van der Waals surface area contributed by atoms with Crippen LogP contribution in [0.4, 0.5) is 0 Å². The lowest BCUT2D eigenvalue weighted by Gasteiger charge is -2.20. The monoisotopic (exact) mass is 329 g/mol. The molecule has 1 aliphatic rings. The molecular formula is C15H17Cl2NO3. The molecule has 2 rings (SSSR count). The highest BCUT2D eigenvalue weighted by molar-refractivity contribution is 6.42. The van der Waals surface area contributed by atoms with Crippen LogP contribution in [-0.4, -0.2) is 17.0 Å². The number of halogens is 2. The van der Waals surface area contributed by atoms with Crippen molar-refractivity contribution in [2.75, 3.05) is 0 Å². The molecule has 1 aromatic rings. The fourth-order valence-corrected chi connectivity index (χ4v) is 3.06. The van der Waals surface area contributed by atoms with E-state index in [0.29, 0.717) is 22.9 Å². The van der Waals surface area contributed by atoms with Crippen molar-refractivity contribution >= 4 is 35.1 Å². The van der Waals surface area contributed by atoms with Gasteiger partial charge >= 0.3 is 5.97 Å². The molecule has 1 fully saturated rings. The third-order valence-electron chi connectivity index (χ3n) is 3.97. The summed E-state index contributed by atoms with van der Waals surface area (Å²) in [6, 6.07) is 4.93. The molecule has 0 heterocycles. The Bertz CT molecular complexity index is 562. The normalized spacial score (nSPS) is 22.8. The minimum absolute atomic E-state index is 0.210. The smallest absolute Gasteiger partial charge is 0.307 e. The highest BCUT2D eigenvalue weighted by Gasteiger charge is 2.38. The van der Waals surface area contributed by atoms with Crippen molar-refractivity contribution in [3.05, 3.63) is 33.8 Å². The van der Waals surface area contributed by atoms with Crippen molar-refractivity contribution in [3.63, 3.8) is 0 Å². The molecule has 0 spiro atoms. The summed E-state index contributed by atoms with van der Waals surface area (Å²) >= 11 is 11.8. The molecule has 6 heteroatoms. The van der Waals surface area contributed by atoms with E-state index >= 15 is 0 Å². The van der Waals surface area contributed by atoms with E-state index in [9.17, 15) is 9.59 Å². The van der Waals surface area contributed by atoms with Gasteiger partial charge in [-0.15, -0.1) is 0 Å². The van der Waals surface area contributed by atoms with Crippen LogP contribution >= 0.6 is 23.2 Å². The standard InChI is InChI=1S/C15H17Cl2NO3/c1-8(9-5-6-12(16)13(17)7-9)18-14(19)10-3-2-4-11(10)15(20)21/h5-8,10-11H,2-4H2,1H3,(H,18,19)(H,20,21)/t8?,10-,11+/m1/s1. The highest BCUT2D eigenvalue weighted by atomic mass is 35.5. The first-order chi connectivity index (χ1) is 9.90. The molecule has 21 heavy (non-hydrogen) atoms. The number of carboxylic acid groups (broad SMARTS) is 1. The van der Waals surface area contributed by atoms with Gasteiger partial charge in [-0.25, -0.2) is 0 Å². The molecule has 1 amide bonds. The number of hydrogen-bond donors (Lipinski definition) is 2. The van der Waals surface area contributed by atoms with E-state index < -0.39 is 17.8 Å². The van der Waals surface area contributed by atoms with Crippen LogP contribution < -0.4 is 5.32 Å². The summed E-state index contributed by atoms with van der Waals surface area (Å²) in [5, 5.41) is 12.9. The predicted molar refractivity (Wildman–Crippen MR) is 81.5 cm³/mol. The van der Waals surface area contributed by atoms with Crippen LogP contribution in [0.5, 0.6) is 0 Å². The van der Waals surface area contributed by atoms with Crippen LogP contribution in [0.15, 0.2) is 18.2 Å². The second kappa shape index (κ2) is 6.67. The maximum Gasteiger partial charge on any atom is 0.307 e. The predicted octanol–water partition coefficient (Wildman–Crippen LogP) is 3.67. The van der Waals surface area contributed by atoms with Crippen molar-refractivity contribution < 1.29 is 14.7 Å². The van der Waals surface area contributed by atoms with E-state index in [0.717, 1.165) is 12.0 Å². The summed E-state index contributed by atoms with van der Waals surface area (Å²) in [5.41, 5.74) is 0.836. The topological polar surface area (TPSA) is 66.4 Å². The molecule has 0 bridgehead atoms. The van der Waals surface area contributed by atoms with Crippen LogP contribution in [0.1, 0.15) is 37.8 Å². The Balaban J connectivity index is 2.04. The molecule has 114 valence electrons. The van der Waals surface area contributed by atoms with Gasteiger partial charge in [-0.1, -0.05) is 35.7 Å². The lowest BCUT2D eigenvalue weighted by molar-refractivity contribution is -0.146. The molecule has 0 saturated heterocycles. The molecular weight excluding hydrogens is 313 g/mol. The SMILES string of the molecule is CC(NC(=O)[C@@H]1CCC[C@@H]1C(=O)O)c1ccc(Cl)c(Cl)c1. The van der Waals surface area contributed by atoms with Gasteiger partial charge in [-0.05, 0) is 37.5 Å². The molecule has 4 nitrogen and oxygen atoms in total. The Morgan fingerprint density at radius 1 is 1.24 bits per heavy atom. The lowest BCUT2D eigenvalue weighted by atomic mass is 9.94. The number of rotatable bonds is 4. The Kier molecular flexibility index (Phi) is 5.12. The van der Waals surface area contributed by atoms with Gasteiger partial charge in [0.05, 0.1) is 27.9 Å². The minimum Gasteiger partial charge on any atom is -0.481 e. The number of benzene rings is 1. The van der Waals surface area contributed by atoms with Gasteiger partial charge in [0, 0.05) is 0 Å². The summed E-state index contributed by atoms with van der Waals surface area (Å²) in [7, 11) is 0. The van der Waals surface area contributed by atoms with Crippen molar-refractivity contribution in [2.45, 2.75) is 32.2 Å². The first-order valence-electron chi connectivity index (χ1n) is 6.88. The van der Waals surface area contributed by atoms with Gasteiger partial charge in [0.15, 0.2) is 0 Å². The molecule has 1 aliphatic carbocycles. The molecule has 1 unspecified atom stereocenters. The Hall–Kier alpha value is -1.26. The molecule has 3 atom stereocenters. The number of carboxylic acids is 1. The lowest BCUT2D eigenvalue weighted by Crippen LogP contribution is -2.36. The zero-order valence-electron chi connectivity index (χ0n) is 11.6. The maximum absolute atomic E-state index is 12.3. The Labute approximate surface area is 133 Å². The molecule has 1 saturated carbocycles. The second-order valence-electron chi connectivity index (χ2n) is 5.39. The van der Waals surface area contributed by atoms with Gasteiger partial charge in [-0.3, -0.25) is 9.59 Å². The van der Waals surface area contributed by atoms with Crippen LogP contribution in [0.25, 0.3) is 0 Å². The van der Waals surface area contributed by atoms with Crippen molar-refractivity contribution in [2.24, 2.45) is 11.8 Å². The average molecular weight is 330 g/mol. The minimum atomic E-state index is -0.894. The van der Waals surface area contributed by atoms with E-state index in [1.165, 1.54) is 0 Å². The Morgan fingerprint density at radius 2 is 1.90 bits per heavy atom. The van der Waals surface area contributed by atoms with Crippen LogP contribution in [0, 0.1) is 11.8 Å². The third-order valence-corrected chi connectivity index (χ3v) is 4.71.